The van der Waals surface area contributed by atoms with Crippen LogP contribution in [0.15, 0.2) is 6.07 Å². The highest BCUT2D eigenvalue weighted by Crippen LogP contribution is 2.33. The van der Waals surface area contributed by atoms with E-state index < -0.39 is 24.0 Å². The first-order valence-electron chi connectivity index (χ1n) is 8.35. The Kier molecular flexibility index (Phi) is 6.36. The van der Waals surface area contributed by atoms with Crippen molar-refractivity contribution in [2.45, 2.75) is 52.6 Å². The van der Waals surface area contributed by atoms with Crippen molar-refractivity contribution in [2.24, 2.45) is 5.92 Å². The number of carbonyl (C=O) groups is 3. The number of ether oxygens (including phenoxy) is 1. The van der Waals surface area contributed by atoms with E-state index in [1.807, 2.05) is 6.07 Å². The van der Waals surface area contributed by atoms with E-state index in [2.05, 4.69) is 17.6 Å². The molecule has 24 heavy (non-hydrogen) atoms. The minimum atomic E-state index is -1.03. The zero-order chi connectivity index (χ0) is 17.7. The van der Waals surface area contributed by atoms with Crippen LogP contribution >= 0.6 is 11.3 Å². The molecule has 0 fully saturated rings. The molecule has 2 atom stereocenters. The summed E-state index contributed by atoms with van der Waals surface area (Å²) >= 11 is 1.45. The Balaban J connectivity index is 1.94. The van der Waals surface area contributed by atoms with Crippen LogP contribution in [-0.2, 0) is 22.4 Å². The van der Waals surface area contributed by atoms with Crippen molar-refractivity contribution in [3.05, 3.63) is 21.4 Å². The van der Waals surface area contributed by atoms with Crippen molar-refractivity contribution < 1.29 is 19.1 Å². The van der Waals surface area contributed by atoms with Gasteiger partial charge in [-0.15, -0.1) is 11.3 Å². The van der Waals surface area contributed by atoms with Crippen molar-refractivity contribution in [3.63, 3.8) is 0 Å². The lowest BCUT2D eigenvalue weighted by Crippen LogP contribution is -2.44. The predicted molar refractivity (Wildman–Crippen MR) is 92.2 cm³/mol. The molecule has 0 aromatic carbocycles. The van der Waals surface area contributed by atoms with E-state index in [1.54, 1.807) is 6.92 Å². The largest absolute Gasteiger partial charge is 0.448 e. The number of aryl methyl sites for hydroxylation is 1. The van der Waals surface area contributed by atoms with Crippen LogP contribution in [0, 0.1) is 5.92 Å². The second-order valence-corrected chi connectivity index (χ2v) is 7.11. The summed E-state index contributed by atoms with van der Waals surface area (Å²) in [6.45, 7) is 5.79. The third-order valence-electron chi connectivity index (χ3n) is 4.19. The SMILES string of the molecule is CCNC(=O)NC(=O)[C@@H](C)OC(=O)c1cc2c(s1)CC[C@H](CC)C2. The number of fused-ring (bicyclic) bond motifs is 1. The molecule has 3 amide bonds. The van der Waals surface area contributed by atoms with Crippen molar-refractivity contribution >= 4 is 29.2 Å². The molecule has 132 valence electrons. The molecule has 0 bridgehead atoms. The van der Waals surface area contributed by atoms with E-state index in [0.29, 0.717) is 17.3 Å². The summed E-state index contributed by atoms with van der Waals surface area (Å²) in [5.41, 5.74) is 1.23. The van der Waals surface area contributed by atoms with Gasteiger partial charge in [0.25, 0.3) is 5.91 Å². The highest BCUT2D eigenvalue weighted by Gasteiger charge is 2.25. The molecule has 1 aromatic heterocycles. The van der Waals surface area contributed by atoms with Gasteiger partial charge in [-0.2, -0.15) is 0 Å². The van der Waals surface area contributed by atoms with Crippen molar-refractivity contribution in [1.82, 2.24) is 10.6 Å². The molecule has 0 saturated heterocycles. The summed E-state index contributed by atoms with van der Waals surface area (Å²) in [6, 6.07) is 1.29. The molecule has 0 spiro atoms. The molecular formula is C17H24N2O4S. The third-order valence-corrected chi connectivity index (χ3v) is 5.41. The van der Waals surface area contributed by atoms with Gasteiger partial charge in [-0.25, -0.2) is 9.59 Å². The summed E-state index contributed by atoms with van der Waals surface area (Å²) in [5.74, 6) is -0.472. The number of hydrogen-bond acceptors (Lipinski definition) is 5. The second kappa shape index (κ2) is 8.28. The molecule has 1 aliphatic carbocycles. The fourth-order valence-corrected chi connectivity index (χ4v) is 3.83. The first-order valence-corrected chi connectivity index (χ1v) is 9.17. The maximum absolute atomic E-state index is 12.2. The molecule has 2 rings (SSSR count). The topological polar surface area (TPSA) is 84.5 Å². The van der Waals surface area contributed by atoms with E-state index in [1.165, 1.54) is 28.7 Å². The molecule has 0 radical (unpaired) electrons. The van der Waals surface area contributed by atoms with Crippen LogP contribution in [0.5, 0.6) is 0 Å². The molecule has 1 aliphatic rings. The van der Waals surface area contributed by atoms with Crippen LogP contribution in [0.2, 0.25) is 0 Å². The van der Waals surface area contributed by atoms with Crippen molar-refractivity contribution in [2.75, 3.05) is 6.54 Å². The Morgan fingerprint density at radius 2 is 2.12 bits per heavy atom. The lowest BCUT2D eigenvalue weighted by Gasteiger charge is -2.19. The monoisotopic (exact) mass is 352 g/mol. The number of hydrogen-bond donors (Lipinski definition) is 2. The minimum absolute atomic E-state index is 0.410. The molecule has 1 aromatic rings. The Labute approximate surface area is 146 Å². The number of imide groups is 1. The second-order valence-electron chi connectivity index (χ2n) is 5.97. The van der Waals surface area contributed by atoms with Crippen LogP contribution in [0.4, 0.5) is 4.79 Å². The molecule has 2 N–H and O–H groups in total. The standard InChI is InChI=1S/C17H24N2O4S/c1-4-11-6-7-13-12(8-11)9-14(24-13)16(21)23-10(3)15(20)19-17(22)18-5-2/h9-11H,4-8H2,1-3H3,(H2,18,19,20,22)/t10-,11+/m1/s1. The van der Waals surface area contributed by atoms with Crippen LogP contribution in [-0.4, -0.2) is 30.6 Å². The van der Waals surface area contributed by atoms with E-state index in [-0.39, 0.29) is 0 Å². The molecule has 6 nitrogen and oxygen atoms in total. The number of amides is 3. The number of urea groups is 1. The van der Waals surface area contributed by atoms with Gasteiger partial charge in [0.2, 0.25) is 0 Å². The Morgan fingerprint density at radius 3 is 2.79 bits per heavy atom. The van der Waals surface area contributed by atoms with E-state index in [9.17, 15) is 14.4 Å². The van der Waals surface area contributed by atoms with Gasteiger partial charge in [0.05, 0.1) is 0 Å². The van der Waals surface area contributed by atoms with Crippen LogP contribution in [0.1, 0.15) is 53.7 Å². The maximum atomic E-state index is 12.2. The lowest BCUT2D eigenvalue weighted by atomic mass is 9.87. The minimum Gasteiger partial charge on any atom is -0.448 e. The van der Waals surface area contributed by atoms with Crippen molar-refractivity contribution in [3.8, 4) is 0 Å². The summed E-state index contributed by atoms with van der Waals surface area (Å²) in [5, 5.41) is 4.59. The van der Waals surface area contributed by atoms with Gasteiger partial charge in [0, 0.05) is 11.4 Å². The summed E-state index contributed by atoms with van der Waals surface area (Å²) in [4.78, 5) is 37.2. The lowest BCUT2D eigenvalue weighted by molar-refractivity contribution is -0.127. The molecular weight excluding hydrogens is 328 g/mol. The quantitative estimate of drug-likeness (QED) is 0.798. The molecule has 7 heteroatoms. The number of nitrogens with one attached hydrogen (secondary N) is 2. The molecule has 1 heterocycles. The fraction of sp³-hybridized carbons (Fsp3) is 0.588. The molecule has 0 aliphatic heterocycles. The van der Waals surface area contributed by atoms with Crippen LogP contribution in [0.25, 0.3) is 0 Å². The zero-order valence-corrected chi connectivity index (χ0v) is 15.1. The average Bonchev–Trinajstić information content (AvgIpc) is 2.97. The Morgan fingerprint density at radius 1 is 1.38 bits per heavy atom. The molecule has 0 unspecified atom stereocenters. The third kappa shape index (κ3) is 4.56. The highest BCUT2D eigenvalue weighted by atomic mass is 32.1. The van der Waals surface area contributed by atoms with Crippen LogP contribution < -0.4 is 10.6 Å². The van der Waals surface area contributed by atoms with Gasteiger partial charge in [-0.3, -0.25) is 10.1 Å². The van der Waals surface area contributed by atoms with Gasteiger partial charge < -0.3 is 10.1 Å². The van der Waals surface area contributed by atoms with Crippen molar-refractivity contribution in [1.29, 1.82) is 0 Å². The normalized spacial score (nSPS) is 17.5. The highest BCUT2D eigenvalue weighted by molar-refractivity contribution is 7.14. The van der Waals surface area contributed by atoms with Crippen LogP contribution in [0.3, 0.4) is 0 Å². The number of rotatable bonds is 5. The van der Waals surface area contributed by atoms with E-state index in [4.69, 9.17) is 4.74 Å². The maximum Gasteiger partial charge on any atom is 0.349 e. The average molecular weight is 352 g/mol. The predicted octanol–water partition coefficient (Wildman–Crippen LogP) is 2.65. The number of thiophene rings is 1. The zero-order valence-electron chi connectivity index (χ0n) is 14.3. The van der Waals surface area contributed by atoms with E-state index in [0.717, 1.165) is 25.7 Å². The first kappa shape index (κ1) is 18.4. The summed E-state index contributed by atoms with van der Waals surface area (Å²) in [7, 11) is 0. The van der Waals surface area contributed by atoms with Gasteiger partial charge in [-0.05, 0) is 50.7 Å². The number of carbonyl (C=O) groups excluding carboxylic acids is 3. The van der Waals surface area contributed by atoms with Gasteiger partial charge in [0.15, 0.2) is 6.10 Å². The smallest absolute Gasteiger partial charge is 0.349 e. The Hall–Kier alpha value is -1.89. The first-order chi connectivity index (χ1) is 11.4. The summed E-state index contributed by atoms with van der Waals surface area (Å²) < 4.78 is 5.19. The Bertz CT molecular complexity index is 626. The molecule has 0 saturated carbocycles. The van der Waals surface area contributed by atoms with Gasteiger partial charge in [-0.1, -0.05) is 13.3 Å². The number of esters is 1. The fourth-order valence-electron chi connectivity index (χ4n) is 2.74. The van der Waals surface area contributed by atoms with Gasteiger partial charge in [0.1, 0.15) is 4.88 Å². The van der Waals surface area contributed by atoms with E-state index >= 15 is 0 Å². The summed E-state index contributed by atoms with van der Waals surface area (Å²) in [6.07, 6.45) is 3.28. The van der Waals surface area contributed by atoms with Gasteiger partial charge >= 0.3 is 12.0 Å².